The van der Waals surface area contributed by atoms with Crippen LogP contribution in [0.1, 0.15) is 6.92 Å². The summed E-state index contributed by atoms with van der Waals surface area (Å²) in [4.78, 5) is 14.0. The van der Waals surface area contributed by atoms with Crippen LogP contribution >= 0.6 is 11.6 Å². The molecule has 0 fully saturated rings. The zero-order valence-electron chi connectivity index (χ0n) is 13.9. The van der Waals surface area contributed by atoms with E-state index in [1.807, 2.05) is 0 Å². The van der Waals surface area contributed by atoms with Gasteiger partial charge < -0.3 is 10.1 Å². The van der Waals surface area contributed by atoms with E-state index in [4.69, 9.17) is 16.3 Å². The van der Waals surface area contributed by atoms with E-state index >= 15 is 0 Å². The highest BCUT2D eigenvalue weighted by atomic mass is 35.5. The Morgan fingerprint density at radius 1 is 1.24 bits per heavy atom. The van der Waals surface area contributed by atoms with Gasteiger partial charge in [-0.15, -0.1) is 0 Å². The molecular formula is C18H19ClF2N2O2. The maximum absolute atomic E-state index is 13.7. The van der Waals surface area contributed by atoms with E-state index in [1.165, 1.54) is 24.3 Å². The molecule has 0 bridgehead atoms. The van der Waals surface area contributed by atoms with Crippen LogP contribution in [0.2, 0.25) is 5.02 Å². The lowest BCUT2D eigenvalue weighted by molar-refractivity contribution is -0.120. The van der Waals surface area contributed by atoms with E-state index in [1.54, 1.807) is 31.0 Å². The molecule has 0 aliphatic heterocycles. The molecule has 1 amide bonds. The van der Waals surface area contributed by atoms with E-state index < -0.39 is 17.7 Å². The minimum absolute atomic E-state index is 0.0669. The van der Waals surface area contributed by atoms with Crippen LogP contribution in [0, 0.1) is 11.6 Å². The Kier molecular flexibility index (Phi) is 6.73. The first-order valence-corrected chi connectivity index (χ1v) is 8.09. The number of para-hydroxylation sites is 1. The summed E-state index contributed by atoms with van der Waals surface area (Å²) < 4.78 is 32.6. The van der Waals surface area contributed by atoms with Crippen LogP contribution in [-0.4, -0.2) is 37.0 Å². The number of anilines is 1. The van der Waals surface area contributed by atoms with E-state index in [0.717, 1.165) is 6.07 Å². The third kappa shape index (κ3) is 5.41. The number of hydrogen-bond donors (Lipinski definition) is 1. The summed E-state index contributed by atoms with van der Waals surface area (Å²) in [7, 11) is 1.73. The lowest BCUT2D eigenvalue weighted by Crippen LogP contribution is -2.41. The Hall–Kier alpha value is -2.18. The summed E-state index contributed by atoms with van der Waals surface area (Å²) in [6.45, 7) is 2.29. The largest absolute Gasteiger partial charge is 0.489 e. The minimum atomic E-state index is -0.599. The number of carbonyl (C=O) groups is 1. The molecule has 25 heavy (non-hydrogen) atoms. The second kappa shape index (κ2) is 8.78. The molecule has 4 nitrogen and oxygen atoms in total. The zero-order valence-corrected chi connectivity index (χ0v) is 14.7. The second-order valence-electron chi connectivity index (χ2n) is 5.55. The van der Waals surface area contributed by atoms with Crippen LogP contribution in [0.25, 0.3) is 0 Å². The average molecular weight is 369 g/mol. The standard InChI is InChI=1S/C18H19ClF2N2O2/c1-12(18(24)22-16-8-7-13(19)11-15(16)21)23(2)9-10-25-17-6-4-3-5-14(17)20/h3-8,11-12H,9-10H2,1-2H3,(H,22,24). The van der Waals surface area contributed by atoms with Gasteiger partial charge in [-0.05, 0) is 44.3 Å². The van der Waals surface area contributed by atoms with Gasteiger partial charge in [0.05, 0.1) is 11.7 Å². The normalized spacial score (nSPS) is 12.1. The highest BCUT2D eigenvalue weighted by Gasteiger charge is 2.19. The molecule has 0 aliphatic carbocycles. The number of halogens is 3. The van der Waals surface area contributed by atoms with Crippen molar-refractivity contribution in [2.45, 2.75) is 13.0 Å². The lowest BCUT2D eigenvalue weighted by Gasteiger charge is -2.24. The predicted octanol–water partition coefficient (Wildman–Crippen LogP) is 3.96. The van der Waals surface area contributed by atoms with Gasteiger partial charge in [0.15, 0.2) is 11.6 Å². The Morgan fingerprint density at radius 2 is 1.96 bits per heavy atom. The quantitative estimate of drug-likeness (QED) is 0.804. The molecule has 0 aliphatic rings. The smallest absolute Gasteiger partial charge is 0.241 e. The highest BCUT2D eigenvalue weighted by Crippen LogP contribution is 2.19. The van der Waals surface area contributed by atoms with E-state index in [-0.39, 0.29) is 29.0 Å². The van der Waals surface area contributed by atoms with E-state index in [9.17, 15) is 13.6 Å². The molecule has 0 saturated heterocycles. The number of nitrogens with zero attached hydrogens (tertiary/aromatic N) is 1. The molecule has 7 heteroatoms. The van der Waals surface area contributed by atoms with Crippen molar-refractivity contribution in [3.05, 3.63) is 59.1 Å². The van der Waals surface area contributed by atoms with Crippen molar-refractivity contribution in [1.29, 1.82) is 0 Å². The summed E-state index contributed by atoms with van der Waals surface area (Å²) in [5.41, 5.74) is 0.0669. The van der Waals surface area contributed by atoms with Crippen molar-refractivity contribution in [2.24, 2.45) is 0 Å². The van der Waals surface area contributed by atoms with Crippen molar-refractivity contribution in [3.63, 3.8) is 0 Å². The third-order valence-corrected chi connectivity index (χ3v) is 4.00. The van der Waals surface area contributed by atoms with Crippen LogP contribution in [-0.2, 0) is 4.79 Å². The SMILES string of the molecule is CC(C(=O)Nc1ccc(Cl)cc1F)N(C)CCOc1ccccc1F. The zero-order chi connectivity index (χ0) is 18.4. The molecule has 2 rings (SSSR count). The molecule has 1 unspecified atom stereocenters. The monoisotopic (exact) mass is 368 g/mol. The number of rotatable bonds is 7. The number of hydrogen-bond acceptors (Lipinski definition) is 3. The van der Waals surface area contributed by atoms with Crippen LogP contribution < -0.4 is 10.1 Å². The summed E-state index contributed by atoms with van der Waals surface area (Å²) >= 11 is 5.68. The van der Waals surface area contributed by atoms with Gasteiger partial charge in [-0.2, -0.15) is 0 Å². The van der Waals surface area contributed by atoms with E-state index in [2.05, 4.69) is 5.32 Å². The van der Waals surface area contributed by atoms with Crippen LogP contribution in [0.15, 0.2) is 42.5 Å². The molecule has 1 atom stereocenters. The van der Waals surface area contributed by atoms with Gasteiger partial charge in [0.1, 0.15) is 12.4 Å². The fourth-order valence-electron chi connectivity index (χ4n) is 2.08. The van der Waals surface area contributed by atoms with Crippen molar-refractivity contribution in [2.75, 3.05) is 25.5 Å². The Morgan fingerprint density at radius 3 is 2.64 bits per heavy atom. The molecule has 0 aromatic heterocycles. The summed E-state index contributed by atoms with van der Waals surface area (Å²) in [6, 6.07) is 9.62. The highest BCUT2D eigenvalue weighted by molar-refractivity contribution is 6.30. The molecular weight excluding hydrogens is 350 g/mol. The van der Waals surface area contributed by atoms with Crippen molar-refractivity contribution < 1.29 is 18.3 Å². The number of benzene rings is 2. The second-order valence-corrected chi connectivity index (χ2v) is 5.99. The average Bonchev–Trinajstić information content (AvgIpc) is 2.58. The van der Waals surface area contributed by atoms with Gasteiger partial charge in [-0.1, -0.05) is 23.7 Å². The molecule has 0 radical (unpaired) electrons. The number of amides is 1. The Balaban J connectivity index is 1.85. The molecule has 1 N–H and O–H groups in total. The molecule has 2 aromatic carbocycles. The first-order chi connectivity index (χ1) is 11.9. The molecule has 0 saturated carbocycles. The summed E-state index contributed by atoms with van der Waals surface area (Å²) in [5, 5.41) is 2.78. The predicted molar refractivity (Wildman–Crippen MR) is 94.0 cm³/mol. The third-order valence-electron chi connectivity index (χ3n) is 3.77. The maximum atomic E-state index is 13.7. The lowest BCUT2D eigenvalue weighted by atomic mass is 10.2. The van der Waals surface area contributed by atoms with Crippen LogP contribution in [0.4, 0.5) is 14.5 Å². The van der Waals surface area contributed by atoms with Gasteiger partial charge in [-0.25, -0.2) is 8.78 Å². The minimum Gasteiger partial charge on any atom is -0.489 e. The van der Waals surface area contributed by atoms with Crippen molar-refractivity contribution in [3.8, 4) is 5.75 Å². The number of nitrogens with one attached hydrogen (secondary N) is 1. The topological polar surface area (TPSA) is 41.6 Å². The number of carbonyl (C=O) groups excluding carboxylic acids is 1. The Labute approximate surface area is 150 Å². The van der Waals surface area contributed by atoms with Crippen LogP contribution in [0.3, 0.4) is 0 Å². The molecule has 134 valence electrons. The van der Waals surface area contributed by atoms with Gasteiger partial charge in [0, 0.05) is 11.6 Å². The van der Waals surface area contributed by atoms with Gasteiger partial charge in [0.25, 0.3) is 0 Å². The maximum Gasteiger partial charge on any atom is 0.241 e. The fourth-order valence-corrected chi connectivity index (χ4v) is 2.24. The van der Waals surface area contributed by atoms with Gasteiger partial charge in [-0.3, -0.25) is 9.69 Å². The van der Waals surface area contributed by atoms with Gasteiger partial charge >= 0.3 is 0 Å². The number of likely N-dealkylation sites (N-methyl/N-ethyl adjacent to an activating group) is 1. The Bertz CT molecular complexity index is 743. The molecule has 0 spiro atoms. The summed E-state index contributed by atoms with van der Waals surface area (Å²) in [5.74, 6) is -1.24. The van der Waals surface area contributed by atoms with Crippen molar-refractivity contribution in [1.82, 2.24) is 4.90 Å². The van der Waals surface area contributed by atoms with Gasteiger partial charge in [0.2, 0.25) is 5.91 Å². The summed E-state index contributed by atoms with van der Waals surface area (Å²) in [6.07, 6.45) is 0. The van der Waals surface area contributed by atoms with E-state index in [0.29, 0.717) is 6.54 Å². The number of ether oxygens (including phenoxy) is 1. The first kappa shape index (κ1) is 19.1. The fraction of sp³-hybridized carbons (Fsp3) is 0.278. The first-order valence-electron chi connectivity index (χ1n) is 7.72. The molecule has 0 heterocycles. The van der Waals surface area contributed by atoms with Crippen molar-refractivity contribution >= 4 is 23.2 Å². The molecule has 2 aromatic rings. The van der Waals surface area contributed by atoms with Crippen LogP contribution in [0.5, 0.6) is 5.75 Å².